The van der Waals surface area contributed by atoms with Gasteiger partial charge in [-0.2, -0.15) is 0 Å². The van der Waals surface area contributed by atoms with Gasteiger partial charge in [0.05, 0.1) is 11.1 Å². The Morgan fingerprint density at radius 3 is 2.52 bits per heavy atom. The van der Waals surface area contributed by atoms with E-state index < -0.39 is 0 Å². The molecule has 0 spiro atoms. The predicted octanol–water partition coefficient (Wildman–Crippen LogP) is 3.69. The molecule has 0 bridgehead atoms. The number of amides is 3. The van der Waals surface area contributed by atoms with Gasteiger partial charge in [0.15, 0.2) is 0 Å². The summed E-state index contributed by atoms with van der Waals surface area (Å²) in [5.41, 5.74) is 3.38. The Morgan fingerprint density at radius 2 is 1.76 bits per heavy atom. The lowest BCUT2D eigenvalue weighted by atomic mass is 10.1. The zero-order valence-corrected chi connectivity index (χ0v) is 15.5. The number of carbonyl (C=O) groups is 3. The molecule has 0 saturated heterocycles. The van der Waals surface area contributed by atoms with Crippen molar-refractivity contribution >= 4 is 39.3 Å². The van der Waals surface area contributed by atoms with Crippen LogP contribution in [0.5, 0.6) is 0 Å². The molecule has 6 heteroatoms. The second kappa shape index (κ2) is 6.80. The molecule has 0 aliphatic carbocycles. The van der Waals surface area contributed by atoms with Gasteiger partial charge in [0.1, 0.15) is 0 Å². The Kier molecular flexibility index (Phi) is 4.72. The van der Waals surface area contributed by atoms with E-state index >= 15 is 0 Å². The number of anilines is 1. The fraction of sp³-hybridized carbons (Fsp3) is 0.211. The van der Waals surface area contributed by atoms with Gasteiger partial charge in [-0.15, -0.1) is 0 Å². The second-order valence-electron chi connectivity index (χ2n) is 6.07. The number of imide groups is 1. The average molecular weight is 401 g/mol. The summed E-state index contributed by atoms with van der Waals surface area (Å²) in [6.07, 6.45) is 0.0520. The lowest BCUT2D eigenvalue weighted by Crippen LogP contribution is -2.32. The van der Waals surface area contributed by atoms with E-state index in [-0.39, 0.29) is 30.7 Å². The minimum atomic E-state index is -0.341. The van der Waals surface area contributed by atoms with Crippen LogP contribution in [0.4, 0.5) is 5.69 Å². The molecule has 2 aromatic carbocycles. The lowest BCUT2D eigenvalue weighted by Gasteiger charge is -2.14. The van der Waals surface area contributed by atoms with E-state index in [0.29, 0.717) is 16.8 Å². The van der Waals surface area contributed by atoms with E-state index in [1.165, 1.54) is 0 Å². The summed E-state index contributed by atoms with van der Waals surface area (Å²) < 4.78 is 0.865. The summed E-state index contributed by atoms with van der Waals surface area (Å²) >= 11 is 3.37. The van der Waals surface area contributed by atoms with Gasteiger partial charge in [-0.25, -0.2) is 0 Å². The first-order valence-electron chi connectivity index (χ1n) is 7.89. The van der Waals surface area contributed by atoms with Gasteiger partial charge in [0.25, 0.3) is 11.8 Å². The Labute approximate surface area is 154 Å². The number of nitrogens with one attached hydrogen (secondary N) is 1. The molecule has 0 aromatic heterocycles. The highest BCUT2D eigenvalue weighted by molar-refractivity contribution is 9.10. The van der Waals surface area contributed by atoms with Crippen molar-refractivity contribution in [3.8, 4) is 0 Å². The van der Waals surface area contributed by atoms with Gasteiger partial charge < -0.3 is 5.32 Å². The molecule has 0 radical (unpaired) electrons. The van der Waals surface area contributed by atoms with Crippen LogP contribution in [-0.2, 0) is 4.79 Å². The first-order valence-corrected chi connectivity index (χ1v) is 8.69. The zero-order chi connectivity index (χ0) is 18.1. The van der Waals surface area contributed by atoms with Crippen LogP contribution in [0, 0.1) is 13.8 Å². The molecule has 0 saturated carbocycles. The van der Waals surface area contributed by atoms with Gasteiger partial charge in [-0.3, -0.25) is 19.3 Å². The molecule has 0 fully saturated rings. The van der Waals surface area contributed by atoms with Crippen LogP contribution < -0.4 is 5.32 Å². The Balaban J connectivity index is 1.66. The second-order valence-corrected chi connectivity index (χ2v) is 6.98. The summed E-state index contributed by atoms with van der Waals surface area (Å²) in [5.74, 6) is -0.921. The van der Waals surface area contributed by atoms with Crippen molar-refractivity contribution in [1.82, 2.24) is 4.90 Å². The van der Waals surface area contributed by atoms with E-state index in [2.05, 4.69) is 21.2 Å². The van der Waals surface area contributed by atoms with Crippen LogP contribution in [0.2, 0.25) is 0 Å². The van der Waals surface area contributed by atoms with Crippen molar-refractivity contribution in [1.29, 1.82) is 0 Å². The van der Waals surface area contributed by atoms with E-state index in [0.717, 1.165) is 20.5 Å². The molecule has 1 aliphatic heterocycles. The minimum Gasteiger partial charge on any atom is -0.326 e. The molecule has 1 aliphatic rings. The summed E-state index contributed by atoms with van der Waals surface area (Å²) in [7, 11) is 0. The highest BCUT2D eigenvalue weighted by Gasteiger charge is 2.35. The first kappa shape index (κ1) is 17.4. The number of benzene rings is 2. The van der Waals surface area contributed by atoms with Crippen LogP contribution in [-0.4, -0.2) is 29.2 Å². The normalized spacial score (nSPS) is 13.2. The molecule has 128 valence electrons. The number of halogens is 1. The third-order valence-corrected chi connectivity index (χ3v) is 4.66. The number of hydrogen-bond acceptors (Lipinski definition) is 3. The number of rotatable bonds is 4. The first-order chi connectivity index (χ1) is 11.9. The third-order valence-electron chi connectivity index (χ3n) is 4.16. The Hall–Kier alpha value is -2.47. The topological polar surface area (TPSA) is 66.5 Å². The third kappa shape index (κ3) is 3.49. The standard InChI is InChI=1S/C19H17BrN2O3/c1-11-3-6-14-15(9-11)19(25)22(18(14)24)8-7-17(23)21-16-10-13(20)5-4-12(16)2/h3-6,9-10H,7-8H2,1-2H3,(H,21,23). The van der Waals surface area contributed by atoms with Gasteiger partial charge in [-0.05, 0) is 43.7 Å². The summed E-state index contributed by atoms with van der Waals surface area (Å²) in [6.45, 7) is 3.83. The van der Waals surface area contributed by atoms with E-state index in [1.54, 1.807) is 18.2 Å². The number of nitrogens with zero attached hydrogens (tertiary/aromatic N) is 1. The minimum absolute atomic E-state index is 0.0520. The molecule has 5 nitrogen and oxygen atoms in total. The van der Waals surface area contributed by atoms with E-state index in [9.17, 15) is 14.4 Å². The maximum atomic E-state index is 12.4. The predicted molar refractivity (Wildman–Crippen MR) is 98.7 cm³/mol. The summed E-state index contributed by atoms with van der Waals surface area (Å²) in [4.78, 5) is 38.1. The number of hydrogen-bond donors (Lipinski definition) is 1. The number of aryl methyl sites for hydroxylation is 2. The van der Waals surface area contributed by atoms with E-state index in [4.69, 9.17) is 0 Å². The molecule has 25 heavy (non-hydrogen) atoms. The fourth-order valence-corrected chi connectivity index (χ4v) is 3.12. The van der Waals surface area contributed by atoms with Crippen molar-refractivity contribution < 1.29 is 14.4 Å². The largest absolute Gasteiger partial charge is 0.326 e. The molecular weight excluding hydrogens is 384 g/mol. The summed E-state index contributed by atoms with van der Waals surface area (Å²) in [6, 6.07) is 10.8. The van der Waals surface area contributed by atoms with Gasteiger partial charge >= 0.3 is 0 Å². The Bertz CT molecular complexity index is 892. The van der Waals surface area contributed by atoms with Crippen LogP contribution in [0.25, 0.3) is 0 Å². The van der Waals surface area contributed by atoms with Crippen LogP contribution in [0.1, 0.15) is 38.3 Å². The molecule has 0 atom stereocenters. The van der Waals surface area contributed by atoms with Gasteiger partial charge in [-0.1, -0.05) is 33.6 Å². The summed E-state index contributed by atoms with van der Waals surface area (Å²) in [5, 5.41) is 2.82. The van der Waals surface area contributed by atoms with Crippen LogP contribution >= 0.6 is 15.9 Å². The van der Waals surface area contributed by atoms with Crippen LogP contribution in [0.15, 0.2) is 40.9 Å². The SMILES string of the molecule is Cc1ccc2c(c1)C(=O)N(CCC(=O)Nc1cc(Br)ccc1C)C2=O. The molecule has 2 aromatic rings. The lowest BCUT2D eigenvalue weighted by molar-refractivity contribution is -0.116. The van der Waals surface area contributed by atoms with Gasteiger partial charge in [0.2, 0.25) is 5.91 Å². The van der Waals surface area contributed by atoms with E-state index in [1.807, 2.05) is 32.0 Å². The maximum absolute atomic E-state index is 12.4. The Morgan fingerprint density at radius 1 is 1.04 bits per heavy atom. The van der Waals surface area contributed by atoms with Crippen molar-refractivity contribution in [2.45, 2.75) is 20.3 Å². The monoisotopic (exact) mass is 400 g/mol. The highest BCUT2D eigenvalue weighted by Crippen LogP contribution is 2.24. The molecule has 0 unspecified atom stereocenters. The highest BCUT2D eigenvalue weighted by atomic mass is 79.9. The van der Waals surface area contributed by atoms with Crippen LogP contribution in [0.3, 0.4) is 0 Å². The zero-order valence-electron chi connectivity index (χ0n) is 13.9. The van der Waals surface area contributed by atoms with Crippen molar-refractivity contribution in [3.63, 3.8) is 0 Å². The molecule has 3 amide bonds. The number of carbonyl (C=O) groups excluding carboxylic acids is 3. The van der Waals surface area contributed by atoms with Crippen molar-refractivity contribution in [2.75, 3.05) is 11.9 Å². The maximum Gasteiger partial charge on any atom is 0.261 e. The quantitative estimate of drug-likeness (QED) is 0.795. The van der Waals surface area contributed by atoms with Gasteiger partial charge in [0, 0.05) is 23.1 Å². The van der Waals surface area contributed by atoms with Crippen molar-refractivity contribution in [2.24, 2.45) is 0 Å². The number of fused-ring (bicyclic) bond motifs is 1. The molecular formula is C19H17BrN2O3. The molecule has 1 heterocycles. The molecule has 1 N–H and O–H groups in total. The fourth-order valence-electron chi connectivity index (χ4n) is 2.76. The smallest absolute Gasteiger partial charge is 0.261 e. The van der Waals surface area contributed by atoms with Crippen molar-refractivity contribution in [3.05, 3.63) is 63.1 Å². The average Bonchev–Trinajstić information content (AvgIpc) is 2.80. The molecule has 3 rings (SSSR count).